The Kier molecular flexibility index (Phi) is 12.0. The molecule has 0 spiro atoms. The smallest absolute Gasteiger partial charge is 0.221 e. The number of hydrogen-bond donors (Lipinski definition) is 2. The molecule has 5 nitrogen and oxygen atoms in total. The molecule has 1 amide bonds. The van der Waals surface area contributed by atoms with Gasteiger partial charge in [0, 0.05) is 55.2 Å². The molecule has 2 aliphatic rings. The van der Waals surface area contributed by atoms with Gasteiger partial charge >= 0.3 is 0 Å². The second-order valence-corrected chi connectivity index (χ2v) is 8.04. The Labute approximate surface area is 183 Å². The number of hydrogen-bond acceptors (Lipinski definition) is 5. The zero-order valence-electron chi connectivity index (χ0n) is 15.2. The van der Waals surface area contributed by atoms with E-state index in [1.54, 1.807) is 0 Å². The lowest BCUT2D eigenvalue weighted by Gasteiger charge is -2.35. The molecule has 1 aromatic carbocycles. The van der Waals surface area contributed by atoms with Gasteiger partial charge < -0.3 is 15.4 Å². The maximum atomic E-state index is 12.4. The molecule has 2 atom stereocenters. The first kappa shape index (κ1) is 24.8. The number of thioether (sulfide) groups is 1. The highest BCUT2D eigenvalue weighted by atomic mass is 35.5. The molecule has 0 aromatic heterocycles. The van der Waals surface area contributed by atoms with Crippen molar-refractivity contribution in [3.05, 3.63) is 34.9 Å². The number of halogens is 3. The van der Waals surface area contributed by atoms with E-state index in [1.807, 2.05) is 30.0 Å². The summed E-state index contributed by atoms with van der Waals surface area (Å²) in [6.07, 6.45) is 0.540. The van der Waals surface area contributed by atoms with Gasteiger partial charge in [0.1, 0.15) is 0 Å². The van der Waals surface area contributed by atoms with Gasteiger partial charge in [-0.2, -0.15) is 11.8 Å². The van der Waals surface area contributed by atoms with Gasteiger partial charge in [-0.15, -0.1) is 24.8 Å². The van der Waals surface area contributed by atoms with Gasteiger partial charge in [0.25, 0.3) is 0 Å². The van der Waals surface area contributed by atoms with Crippen molar-refractivity contribution in [2.24, 2.45) is 0 Å². The molecule has 2 aliphatic heterocycles. The number of nitrogens with zero attached hydrogens (tertiary/aromatic N) is 1. The molecule has 2 N–H and O–H groups in total. The van der Waals surface area contributed by atoms with Gasteiger partial charge in [-0.1, -0.05) is 23.7 Å². The van der Waals surface area contributed by atoms with E-state index >= 15 is 0 Å². The summed E-state index contributed by atoms with van der Waals surface area (Å²) in [4.78, 5) is 14.7. The summed E-state index contributed by atoms with van der Waals surface area (Å²) in [5, 5.41) is 7.27. The number of ether oxygens (including phenoxy) is 1. The number of rotatable bonds is 6. The molecular formula is C18H28Cl3N3O2S. The molecule has 0 radical (unpaired) electrons. The number of carbonyl (C=O) groups is 1. The van der Waals surface area contributed by atoms with Crippen LogP contribution in [0, 0.1) is 0 Å². The molecule has 0 aliphatic carbocycles. The molecule has 9 heteroatoms. The van der Waals surface area contributed by atoms with Crippen molar-refractivity contribution in [3.63, 3.8) is 0 Å². The van der Waals surface area contributed by atoms with E-state index in [1.165, 1.54) is 0 Å². The number of nitrogens with one attached hydrogen (secondary N) is 2. The van der Waals surface area contributed by atoms with Crippen molar-refractivity contribution in [3.8, 4) is 0 Å². The largest absolute Gasteiger partial charge is 0.379 e. The third kappa shape index (κ3) is 7.97. The monoisotopic (exact) mass is 455 g/mol. The first-order chi connectivity index (χ1) is 12.2. The van der Waals surface area contributed by atoms with Crippen LogP contribution in [0.25, 0.3) is 0 Å². The number of benzene rings is 1. The van der Waals surface area contributed by atoms with Crippen molar-refractivity contribution < 1.29 is 9.53 Å². The fourth-order valence-electron chi connectivity index (χ4n) is 3.32. The van der Waals surface area contributed by atoms with E-state index in [2.05, 4.69) is 21.6 Å². The molecular weight excluding hydrogens is 429 g/mol. The van der Waals surface area contributed by atoms with Crippen LogP contribution in [0.3, 0.4) is 0 Å². The Morgan fingerprint density at radius 3 is 2.81 bits per heavy atom. The van der Waals surface area contributed by atoms with E-state index in [0.717, 1.165) is 54.9 Å². The highest BCUT2D eigenvalue weighted by molar-refractivity contribution is 7.99. The normalized spacial score (nSPS) is 21.4. The molecule has 27 heavy (non-hydrogen) atoms. The highest BCUT2D eigenvalue weighted by Gasteiger charge is 2.24. The minimum absolute atomic E-state index is 0. The Bertz CT molecular complexity index is 571. The van der Waals surface area contributed by atoms with Crippen LogP contribution in [0.4, 0.5) is 0 Å². The minimum Gasteiger partial charge on any atom is -0.379 e. The Hall–Kier alpha value is -0.210. The van der Waals surface area contributed by atoms with Gasteiger partial charge in [0.2, 0.25) is 5.91 Å². The van der Waals surface area contributed by atoms with Crippen LogP contribution in [-0.2, 0) is 9.53 Å². The lowest BCUT2D eigenvalue weighted by atomic mass is 10.0. The number of amides is 1. The average molecular weight is 457 g/mol. The lowest BCUT2D eigenvalue weighted by Crippen LogP contribution is -2.45. The molecule has 0 saturated carbocycles. The molecule has 2 fully saturated rings. The molecule has 0 bridgehead atoms. The van der Waals surface area contributed by atoms with E-state index in [0.29, 0.717) is 13.0 Å². The van der Waals surface area contributed by atoms with E-state index < -0.39 is 0 Å². The van der Waals surface area contributed by atoms with Crippen LogP contribution < -0.4 is 10.6 Å². The second kappa shape index (κ2) is 13.1. The fraction of sp³-hybridized carbons (Fsp3) is 0.611. The van der Waals surface area contributed by atoms with Crippen LogP contribution in [-0.4, -0.2) is 67.7 Å². The van der Waals surface area contributed by atoms with E-state index in [9.17, 15) is 4.79 Å². The van der Waals surface area contributed by atoms with Crippen LogP contribution in [0.15, 0.2) is 24.3 Å². The predicted octanol–water partition coefficient (Wildman–Crippen LogP) is 2.77. The summed E-state index contributed by atoms with van der Waals surface area (Å²) in [5.41, 5.74) is 1.14. The topological polar surface area (TPSA) is 53.6 Å². The lowest BCUT2D eigenvalue weighted by molar-refractivity contribution is -0.121. The molecule has 154 valence electrons. The number of morpholine rings is 1. The van der Waals surface area contributed by atoms with Crippen molar-refractivity contribution in [2.45, 2.75) is 18.5 Å². The minimum atomic E-state index is 0. The Morgan fingerprint density at radius 2 is 2.15 bits per heavy atom. The molecule has 2 saturated heterocycles. The van der Waals surface area contributed by atoms with Crippen molar-refractivity contribution in [1.29, 1.82) is 0 Å². The SMILES string of the molecule is Cl.Cl.O=C(CC1CSCCN1)NCC(c1cccc(Cl)c1)N1CCOCC1. The molecule has 3 rings (SSSR count). The van der Waals surface area contributed by atoms with Gasteiger partial charge in [0.05, 0.1) is 19.3 Å². The Balaban J connectivity index is 0.00000182. The summed E-state index contributed by atoms with van der Waals surface area (Å²) in [5.74, 6) is 2.25. The summed E-state index contributed by atoms with van der Waals surface area (Å²) in [7, 11) is 0. The summed E-state index contributed by atoms with van der Waals surface area (Å²) >= 11 is 8.09. The quantitative estimate of drug-likeness (QED) is 0.689. The van der Waals surface area contributed by atoms with E-state index in [-0.39, 0.29) is 42.8 Å². The zero-order chi connectivity index (χ0) is 17.5. The summed E-state index contributed by atoms with van der Waals surface area (Å²) < 4.78 is 5.47. The maximum absolute atomic E-state index is 12.4. The maximum Gasteiger partial charge on any atom is 0.221 e. The van der Waals surface area contributed by atoms with Crippen LogP contribution >= 0.6 is 48.2 Å². The van der Waals surface area contributed by atoms with E-state index in [4.69, 9.17) is 16.3 Å². The molecule has 2 unspecified atom stereocenters. The fourth-order valence-corrected chi connectivity index (χ4v) is 4.47. The second-order valence-electron chi connectivity index (χ2n) is 6.45. The molecule has 2 heterocycles. The standard InChI is InChI=1S/C18H26ClN3O2S.2ClH/c19-15-3-1-2-14(10-15)17(22-5-7-24-8-6-22)12-21-18(23)11-16-13-25-9-4-20-16;;/h1-3,10,16-17,20H,4-9,11-13H2,(H,21,23);2*1H. The van der Waals surface area contributed by atoms with Crippen molar-refractivity contribution in [2.75, 3.05) is 50.9 Å². The van der Waals surface area contributed by atoms with Crippen molar-refractivity contribution >= 4 is 54.1 Å². The number of carbonyl (C=O) groups excluding carboxylic acids is 1. The van der Waals surface area contributed by atoms with Gasteiger partial charge in [0.15, 0.2) is 0 Å². The third-order valence-electron chi connectivity index (χ3n) is 4.64. The van der Waals surface area contributed by atoms with Crippen LogP contribution in [0.2, 0.25) is 5.02 Å². The first-order valence-electron chi connectivity index (χ1n) is 8.87. The van der Waals surface area contributed by atoms with Gasteiger partial charge in [-0.05, 0) is 17.7 Å². The van der Waals surface area contributed by atoms with Gasteiger partial charge in [-0.3, -0.25) is 9.69 Å². The first-order valence-corrected chi connectivity index (χ1v) is 10.4. The molecule has 1 aromatic rings. The highest BCUT2D eigenvalue weighted by Crippen LogP contribution is 2.24. The van der Waals surface area contributed by atoms with Crippen LogP contribution in [0.5, 0.6) is 0 Å². The third-order valence-corrected chi connectivity index (χ3v) is 6.01. The van der Waals surface area contributed by atoms with Crippen molar-refractivity contribution in [1.82, 2.24) is 15.5 Å². The Morgan fingerprint density at radius 1 is 1.37 bits per heavy atom. The summed E-state index contributed by atoms with van der Waals surface area (Å²) in [6.45, 7) is 4.78. The average Bonchev–Trinajstić information content (AvgIpc) is 2.64. The van der Waals surface area contributed by atoms with Gasteiger partial charge in [-0.25, -0.2) is 0 Å². The zero-order valence-corrected chi connectivity index (χ0v) is 18.4. The predicted molar refractivity (Wildman–Crippen MR) is 118 cm³/mol. The summed E-state index contributed by atoms with van der Waals surface area (Å²) in [6, 6.07) is 8.33. The van der Waals surface area contributed by atoms with Crippen LogP contribution in [0.1, 0.15) is 18.0 Å².